The second kappa shape index (κ2) is 10.1. The predicted octanol–water partition coefficient (Wildman–Crippen LogP) is 6.87. The van der Waals surface area contributed by atoms with E-state index < -0.39 is 33.1 Å². The summed E-state index contributed by atoms with van der Waals surface area (Å²) in [6.45, 7) is -0.557. The van der Waals surface area contributed by atoms with Gasteiger partial charge in [0.2, 0.25) is 8.63 Å². The number of hydrogen-bond acceptors (Lipinski definition) is 4. The highest BCUT2D eigenvalue weighted by Gasteiger charge is 2.40. The van der Waals surface area contributed by atoms with E-state index in [2.05, 4.69) is 4.74 Å². The quantitative estimate of drug-likeness (QED) is 0.218. The van der Waals surface area contributed by atoms with Crippen LogP contribution in [0, 0.1) is 0 Å². The van der Waals surface area contributed by atoms with Gasteiger partial charge in [0, 0.05) is 16.1 Å². The minimum absolute atomic E-state index is 0.0608. The van der Waals surface area contributed by atoms with Gasteiger partial charge in [0.15, 0.2) is 5.78 Å². The fourth-order valence-corrected chi connectivity index (χ4v) is 2.56. The maximum atomic E-state index is 13.4. The molecule has 30 heavy (non-hydrogen) atoms. The molecule has 0 aliphatic rings. The van der Waals surface area contributed by atoms with Crippen molar-refractivity contribution in [2.75, 3.05) is 6.61 Å². The summed E-state index contributed by atoms with van der Waals surface area (Å²) >= 11 is 32.9. The van der Waals surface area contributed by atoms with Crippen LogP contribution in [0.5, 0.6) is 5.75 Å². The number of benzene rings is 2. The molecule has 0 radical (unpaired) electrons. The third-order valence-corrected chi connectivity index (χ3v) is 4.51. The number of carbonyl (C=O) groups excluding carboxylic acids is 2. The Bertz CT molecular complexity index is 929. The zero-order valence-corrected chi connectivity index (χ0v) is 19.0. The monoisotopic (exact) mass is 538 g/mol. The standard InChI is InChI=1S/C18H10Cl6F2O4/c19-10-3-6-12(13(7-10)15(28)29-8-17(22,23)24)14(27)9-1-4-11(5-2-9)30-18(25,26)16(20)21/h1-7,16H,8H2. The Morgan fingerprint density at radius 1 is 0.967 bits per heavy atom. The average molecular weight is 541 g/mol. The van der Waals surface area contributed by atoms with Gasteiger partial charge in [-0.3, -0.25) is 4.79 Å². The van der Waals surface area contributed by atoms with Crippen LogP contribution in [0.4, 0.5) is 8.78 Å². The lowest BCUT2D eigenvalue weighted by Gasteiger charge is -2.18. The fourth-order valence-electron chi connectivity index (χ4n) is 2.14. The number of alkyl halides is 7. The van der Waals surface area contributed by atoms with E-state index in [0.29, 0.717) is 0 Å². The van der Waals surface area contributed by atoms with Crippen LogP contribution in [0.15, 0.2) is 42.5 Å². The van der Waals surface area contributed by atoms with E-state index in [4.69, 9.17) is 74.3 Å². The first-order chi connectivity index (χ1) is 13.8. The summed E-state index contributed by atoms with van der Waals surface area (Å²) in [6, 6.07) is 8.59. The van der Waals surface area contributed by atoms with Gasteiger partial charge in [0.25, 0.3) is 0 Å². The van der Waals surface area contributed by atoms with Crippen molar-refractivity contribution >= 4 is 81.4 Å². The molecule has 0 unspecified atom stereocenters. The fraction of sp³-hybridized carbons (Fsp3) is 0.222. The molecule has 0 aliphatic heterocycles. The Labute approximate surface area is 199 Å². The summed E-state index contributed by atoms with van der Waals surface area (Å²) in [6.07, 6.45) is -3.83. The lowest BCUT2D eigenvalue weighted by atomic mass is 9.98. The van der Waals surface area contributed by atoms with Crippen molar-refractivity contribution in [3.63, 3.8) is 0 Å². The van der Waals surface area contributed by atoms with Gasteiger partial charge in [-0.1, -0.05) is 69.6 Å². The lowest BCUT2D eigenvalue weighted by Crippen LogP contribution is -2.32. The highest BCUT2D eigenvalue weighted by molar-refractivity contribution is 6.67. The summed E-state index contributed by atoms with van der Waals surface area (Å²) in [5, 5.41) is 0.162. The van der Waals surface area contributed by atoms with Gasteiger partial charge >= 0.3 is 12.1 Å². The van der Waals surface area contributed by atoms with E-state index in [0.717, 1.165) is 12.1 Å². The molecular formula is C18H10Cl6F2O4. The second-order valence-electron chi connectivity index (χ2n) is 5.70. The molecule has 162 valence electrons. The number of carbonyl (C=O) groups is 2. The van der Waals surface area contributed by atoms with Crippen LogP contribution >= 0.6 is 69.6 Å². The third-order valence-electron chi connectivity index (χ3n) is 3.44. The minimum Gasteiger partial charge on any atom is -0.458 e. The number of rotatable bonds is 7. The van der Waals surface area contributed by atoms with Crippen LogP contribution in [-0.2, 0) is 4.74 Å². The van der Waals surface area contributed by atoms with Crippen molar-refractivity contribution in [2.45, 2.75) is 14.7 Å². The maximum absolute atomic E-state index is 13.4. The molecule has 0 N–H and O–H groups in total. The molecule has 12 heteroatoms. The van der Waals surface area contributed by atoms with Gasteiger partial charge in [-0.2, -0.15) is 8.78 Å². The van der Waals surface area contributed by atoms with E-state index in [9.17, 15) is 18.4 Å². The summed E-state index contributed by atoms with van der Waals surface area (Å²) in [4.78, 5) is 23.1. The molecule has 2 aromatic carbocycles. The van der Waals surface area contributed by atoms with Crippen molar-refractivity contribution in [2.24, 2.45) is 0 Å². The summed E-state index contributed by atoms with van der Waals surface area (Å²) in [7, 11) is 0. The Hall–Kier alpha value is -1.02. The smallest absolute Gasteiger partial charge is 0.428 e. The lowest BCUT2D eigenvalue weighted by molar-refractivity contribution is -0.163. The SMILES string of the molecule is O=C(OCC(Cl)(Cl)Cl)c1cc(Cl)ccc1C(=O)c1ccc(OC(F)(F)C(Cl)Cl)cc1. The van der Waals surface area contributed by atoms with Crippen molar-refractivity contribution in [3.8, 4) is 5.75 Å². The normalized spacial score (nSPS) is 12.0. The van der Waals surface area contributed by atoms with Crippen LogP contribution in [0.25, 0.3) is 0 Å². The van der Waals surface area contributed by atoms with Crippen LogP contribution in [0.1, 0.15) is 26.3 Å². The Kier molecular flexibility index (Phi) is 8.47. The van der Waals surface area contributed by atoms with Gasteiger partial charge in [-0.05, 0) is 42.5 Å². The van der Waals surface area contributed by atoms with Crippen molar-refractivity contribution in [1.29, 1.82) is 0 Å². The summed E-state index contributed by atoms with van der Waals surface area (Å²) < 4.78 is 34.4. The molecule has 0 spiro atoms. The molecule has 0 fully saturated rings. The Morgan fingerprint density at radius 3 is 2.10 bits per heavy atom. The number of ketones is 1. The van der Waals surface area contributed by atoms with Gasteiger partial charge in [0.1, 0.15) is 12.4 Å². The molecule has 0 aromatic heterocycles. The first kappa shape index (κ1) is 25.2. The topological polar surface area (TPSA) is 52.6 Å². The number of halogens is 8. The molecule has 0 atom stereocenters. The molecule has 0 saturated carbocycles. The van der Waals surface area contributed by atoms with Crippen LogP contribution in [-0.4, -0.2) is 33.1 Å². The molecule has 2 rings (SSSR count). The van der Waals surface area contributed by atoms with Crippen molar-refractivity contribution in [1.82, 2.24) is 0 Å². The molecule has 0 bridgehead atoms. The molecule has 0 aliphatic carbocycles. The first-order valence-electron chi connectivity index (χ1n) is 7.83. The Morgan fingerprint density at radius 2 is 1.57 bits per heavy atom. The second-order valence-corrected chi connectivity index (χ2v) is 9.75. The zero-order chi connectivity index (χ0) is 22.7. The van der Waals surface area contributed by atoms with Crippen LogP contribution < -0.4 is 4.74 Å². The Balaban J connectivity index is 2.27. The van der Waals surface area contributed by atoms with Gasteiger partial charge < -0.3 is 9.47 Å². The van der Waals surface area contributed by atoms with Crippen molar-refractivity contribution in [3.05, 3.63) is 64.2 Å². The summed E-state index contributed by atoms with van der Waals surface area (Å²) in [5.74, 6) is -1.83. The van der Waals surface area contributed by atoms with Crippen LogP contribution in [0.3, 0.4) is 0 Å². The van der Waals surface area contributed by atoms with Gasteiger partial charge in [-0.25, -0.2) is 4.79 Å². The van der Waals surface area contributed by atoms with E-state index in [1.165, 1.54) is 30.3 Å². The largest absolute Gasteiger partial charge is 0.458 e. The third kappa shape index (κ3) is 7.01. The molecule has 0 saturated heterocycles. The average Bonchev–Trinajstić information content (AvgIpc) is 2.65. The molecular weight excluding hydrogens is 531 g/mol. The highest BCUT2D eigenvalue weighted by atomic mass is 35.6. The number of esters is 1. The van der Waals surface area contributed by atoms with E-state index in [1.54, 1.807) is 0 Å². The number of hydrogen-bond donors (Lipinski definition) is 0. The predicted molar refractivity (Wildman–Crippen MR) is 113 cm³/mol. The van der Waals surface area contributed by atoms with E-state index in [-0.39, 0.29) is 27.5 Å². The molecule has 2 aromatic rings. The summed E-state index contributed by atoms with van der Waals surface area (Å²) in [5.41, 5.74) is -0.160. The maximum Gasteiger partial charge on any atom is 0.428 e. The van der Waals surface area contributed by atoms with Crippen molar-refractivity contribution < 1.29 is 27.8 Å². The molecule has 0 amide bonds. The highest BCUT2D eigenvalue weighted by Crippen LogP contribution is 2.31. The number of ether oxygens (including phenoxy) is 2. The molecule has 4 nitrogen and oxygen atoms in total. The van der Waals surface area contributed by atoms with E-state index in [1.807, 2.05) is 0 Å². The zero-order valence-electron chi connectivity index (χ0n) is 14.5. The van der Waals surface area contributed by atoms with Gasteiger partial charge in [0.05, 0.1) is 5.56 Å². The molecule has 0 heterocycles. The van der Waals surface area contributed by atoms with E-state index >= 15 is 0 Å². The minimum atomic E-state index is -3.83. The van der Waals surface area contributed by atoms with Gasteiger partial charge in [-0.15, -0.1) is 0 Å². The first-order valence-corrected chi connectivity index (χ1v) is 10.2. The van der Waals surface area contributed by atoms with Crippen LogP contribution in [0.2, 0.25) is 5.02 Å².